The van der Waals surface area contributed by atoms with Crippen LogP contribution in [0.4, 0.5) is 0 Å². The first-order valence-electron chi connectivity index (χ1n) is 11.2. The van der Waals surface area contributed by atoms with Crippen LogP contribution in [0.15, 0.2) is 85.5 Å². The van der Waals surface area contributed by atoms with Crippen LogP contribution in [0, 0.1) is 0 Å². The minimum atomic E-state index is -0.366. The van der Waals surface area contributed by atoms with Gasteiger partial charge >= 0.3 is 0 Å². The topological polar surface area (TPSA) is 93.0 Å². The summed E-state index contributed by atoms with van der Waals surface area (Å²) in [7, 11) is 0. The molecular formula is C26H24N6O2. The van der Waals surface area contributed by atoms with Crippen molar-refractivity contribution in [2.24, 2.45) is 0 Å². The summed E-state index contributed by atoms with van der Waals surface area (Å²) in [5.41, 5.74) is 2.97. The van der Waals surface area contributed by atoms with Gasteiger partial charge in [0.1, 0.15) is 23.9 Å². The molecule has 1 N–H and O–H groups in total. The molecule has 2 aromatic heterocycles. The van der Waals surface area contributed by atoms with Gasteiger partial charge in [-0.25, -0.2) is 15.0 Å². The summed E-state index contributed by atoms with van der Waals surface area (Å²) < 4.78 is 1.98. The number of carbonyl (C=O) groups is 2. The van der Waals surface area contributed by atoms with Crippen LogP contribution in [-0.2, 0) is 24.3 Å². The molecular weight excluding hydrogens is 428 g/mol. The van der Waals surface area contributed by atoms with Crippen LogP contribution in [0.1, 0.15) is 39.2 Å². The smallest absolute Gasteiger partial charge is 0.271 e. The maximum Gasteiger partial charge on any atom is 0.271 e. The van der Waals surface area contributed by atoms with Crippen molar-refractivity contribution >= 4 is 11.8 Å². The van der Waals surface area contributed by atoms with Crippen LogP contribution >= 0.6 is 0 Å². The first kappa shape index (κ1) is 21.5. The van der Waals surface area contributed by atoms with Crippen molar-refractivity contribution in [1.29, 1.82) is 0 Å². The zero-order chi connectivity index (χ0) is 23.3. The van der Waals surface area contributed by atoms with Crippen molar-refractivity contribution < 1.29 is 9.59 Å². The summed E-state index contributed by atoms with van der Waals surface area (Å²) in [5, 5.41) is 2.86. The normalized spacial score (nSPS) is 14.9. The number of rotatable bonds is 6. The van der Waals surface area contributed by atoms with Gasteiger partial charge in [0.2, 0.25) is 5.91 Å². The lowest BCUT2D eigenvalue weighted by Gasteiger charge is -2.36. The fraction of sp³-hybridized carbons (Fsp3) is 0.192. The molecule has 8 nitrogen and oxygen atoms in total. The molecule has 2 aromatic carbocycles. The molecule has 1 atom stereocenters. The number of nitrogens with one attached hydrogen (secondary N) is 1. The summed E-state index contributed by atoms with van der Waals surface area (Å²) in [5.74, 6) is 0.435. The summed E-state index contributed by atoms with van der Waals surface area (Å²) >= 11 is 0. The van der Waals surface area contributed by atoms with E-state index in [-0.39, 0.29) is 24.4 Å². The van der Waals surface area contributed by atoms with E-state index >= 15 is 0 Å². The van der Waals surface area contributed by atoms with Crippen LogP contribution in [0.25, 0.3) is 0 Å². The quantitative estimate of drug-likeness (QED) is 0.486. The Morgan fingerprint density at radius 3 is 2.47 bits per heavy atom. The van der Waals surface area contributed by atoms with Crippen molar-refractivity contribution in [3.8, 4) is 0 Å². The monoisotopic (exact) mass is 452 g/mol. The minimum absolute atomic E-state index is 0.0315. The number of hydrogen-bond acceptors (Lipinski definition) is 5. The number of hydrogen-bond donors (Lipinski definition) is 1. The third-order valence-electron chi connectivity index (χ3n) is 5.89. The maximum atomic E-state index is 13.4. The molecule has 0 spiro atoms. The molecule has 1 unspecified atom stereocenters. The average molecular weight is 453 g/mol. The van der Waals surface area contributed by atoms with Crippen LogP contribution in [0.5, 0.6) is 0 Å². The number of imidazole rings is 1. The Bertz CT molecular complexity index is 1270. The lowest BCUT2D eigenvalue weighted by Crippen LogP contribution is -2.43. The number of carbonyl (C=O) groups excluding carboxylic acids is 2. The van der Waals surface area contributed by atoms with E-state index in [0.717, 1.165) is 11.1 Å². The summed E-state index contributed by atoms with van der Waals surface area (Å²) in [6, 6.07) is 20.9. The van der Waals surface area contributed by atoms with Gasteiger partial charge in [0, 0.05) is 25.5 Å². The van der Waals surface area contributed by atoms with E-state index in [4.69, 9.17) is 0 Å². The number of amides is 2. The second-order valence-electron chi connectivity index (χ2n) is 8.12. The molecule has 0 saturated heterocycles. The van der Waals surface area contributed by atoms with Crippen molar-refractivity contribution in [3.05, 3.63) is 114 Å². The maximum absolute atomic E-state index is 13.4. The largest absolute Gasteiger partial charge is 0.345 e. The van der Waals surface area contributed by atoms with Crippen molar-refractivity contribution in [2.45, 2.75) is 25.6 Å². The molecule has 3 heterocycles. The molecule has 1 aliphatic heterocycles. The van der Waals surface area contributed by atoms with E-state index in [1.165, 1.54) is 6.33 Å². The van der Waals surface area contributed by atoms with E-state index < -0.39 is 0 Å². The lowest BCUT2D eigenvalue weighted by atomic mass is 10.0. The van der Waals surface area contributed by atoms with Gasteiger partial charge in [0.25, 0.3) is 5.91 Å². The van der Waals surface area contributed by atoms with Crippen LogP contribution in [0.3, 0.4) is 0 Å². The average Bonchev–Trinajstić information content (AvgIpc) is 3.33. The highest BCUT2D eigenvalue weighted by Gasteiger charge is 2.34. The predicted octanol–water partition coefficient (Wildman–Crippen LogP) is 2.78. The molecule has 5 rings (SSSR count). The predicted molar refractivity (Wildman–Crippen MR) is 126 cm³/mol. The van der Waals surface area contributed by atoms with E-state index in [2.05, 4.69) is 20.3 Å². The van der Waals surface area contributed by atoms with E-state index in [1.54, 1.807) is 18.5 Å². The molecule has 0 radical (unpaired) electrons. The van der Waals surface area contributed by atoms with Gasteiger partial charge in [0.15, 0.2) is 0 Å². The third kappa shape index (κ3) is 4.56. The molecule has 0 bridgehead atoms. The zero-order valence-corrected chi connectivity index (χ0v) is 18.5. The van der Waals surface area contributed by atoms with E-state index in [9.17, 15) is 9.59 Å². The van der Waals surface area contributed by atoms with Gasteiger partial charge < -0.3 is 14.8 Å². The van der Waals surface area contributed by atoms with Gasteiger partial charge in [0.05, 0.1) is 18.7 Å². The van der Waals surface area contributed by atoms with Gasteiger partial charge in [-0.05, 0) is 17.2 Å². The Labute approximate surface area is 197 Å². The fourth-order valence-electron chi connectivity index (χ4n) is 4.21. The molecule has 2 amide bonds. The summed E-state index contributed by atoms with van der Waals surface area (Å²) in [6.07, 6.45) is 5.16. The van der Waals surface area contributed by atoms with Gasteiger partial charge in [-0.3, -0.25) is 9.59 Å². The molecule has 0 aliphatic carbocycles. The standard InChI is InChI=1S/C26H24N6O2/c33-23(15-19-7-3-1-4-8-19)32-14-13-31-17-22(26(34)28-16-21-11-12-27-18-29-21)30-25(31)24(32)20-9-5-2-6-10-20/h1-12,17-18,24H,13-16H2,(H,28,34). The Morgan fingerprint density at radius 1 is 0.971 bits per heavy atom. The molecule has 0 saturated carbocycles. The number of benzene rings is 2. The second kappa shape index (κ2) is 9.66. The Kier molecular flexibility index (Phi) is 6.11. The fourth-order valence-corrected chi connectivity index (χ4v) is 4.21. The molecule has 8 heteroatoms. The summed E-state index contributed by atoms with van der Waals surface area (Å²) in [4.78, 5) is 40.8. The van der Waals surface area contributed by atoms with Crippen molar-refractivity contribution in [3.63, 3.8) is 0 Å². The lowest BCUT2D eigenvalue weighted by molar-refractivity contribution is -0.133. The van der Waals surface area contributed by atoms with Gasteiger partial charge in [-0.15, -0.1) is 0 Å². The van der Waals surface area contributed by atoms with Gasteiger partial charge in [-0.2, -0.15) is 0 Å². The van der Waals surface area contributed by atoms with Gasteiger partial charge in [-0.1, -0.05) is 60.7 Å². The van der Waals surface area contributed by atoms with E-state index in [0.29, 0.717) is 36.7 Å². The highest BCUT2D eigenvalue weighted by Crippen LogP contribution is 2.32. The molecule has 34 heavy (non-hydrogen) atoms. The SMILES string of the molecule is O=C(NCc1ccncn1)c1cn2c(n1)C(c1ccccc1)N(C(=O)Cc1ccccc1)CC2. The third-order valence-corrected chi connectivity index (χ3v) is 5.89. The molecule has 4 aromatic rings. The highest BCUT2D eigenvalue weighted by atomic mass is 16.2. The molecule has 0 fully saturated rings. The minimum Gasteiger partial charge on any atom is -0.345 e. The second-order valence-corrected chi connectivity index (χ2v) is 8.12. The molecule has 170 valence electrons. The first-order chi connectivity index (χ1) is 16.7. The highest BCUT2D eigenvalue weighted by molar-refractivity contribution is 5.92. The Balaban J connectivity index is 1.41. The number of nitrogens with zero attached hydrogens (tertiary/aromatic N) is 5. The first-order valence-corrected chi connectivity index (χ1v) is 11.2. The van der Waals surface area contributed by atoms with Crippen LogP contribution in [0.2, 0.25) is 0 Å². The van der Waals surface area contributed by atoms with Crippen molar-refractivity contribution in [2.75, 3.05) is 6.54 Å². The molecule has 1 aliphatic rings. The Morgan fingerprint density at radius 2 is 1.74 bits per heavy atom. The zero-order valence-electron chi connectivity index (χ0n) is 18.5. The number of aromatic nitrogens is 4. The Hall–Kier alpha value is -4.33. The van der Waals surface area contributed by atoms with Crippen molar-refractivity contribution in [1.82, 2.24) is 29.7 Å². The number of fused-ring (bicyclic) bond motifs is 1. The van der Waals surface area contributed by atoms with E-state index in [1.807, 2.05) is 70.1 Å². The summed E-state index contributed by atoms with van der Waals surface area (Å²) in [6.45, 7) is 1.40. The van der Waals surface area contributed by atoms with Crippen LogP contribution < -0.4 is 5.32 Å². The van der Waals surface area contributed by atoms with Crippen LogP contribution in [-0.4, -0.2) is 42.8 Å².